The quantitative estimate of drug-likeness (QED) is 0.843. The Balaban J connectivity index is 2.20. The van der Waals surface area contributed by atoms with Crippen molar-refractivity contribution in [1.29, 1.82) is 0 Å². The van der Waals surface area contributed by atoms with Gasteiger partial charge in [0.25, 0.3) is 0 Å². The maximum Gasteiger partial charge on any atom is 0.119 e. The van der Waals surface area contributed by atoms with Crippen LogP contribution in [0.4, 0.5) is 0 Å². The summed E-state index contributed by atoms with van der Waals surface area (Å²) in [6, 6.07) is 7.51. The largest absolute Gasteiger partial charge is 0.494 e. The summed E-state index contributed by atoms with van der Waals surface area (Å²) in [4.78, 5) is 0. The summed E-state index contributed by atoms with van der Waals surface area (Å²) in [5.74, 6) is 1.02. The molecule has 1 aliphatic heterocycles. The van der Waals surface area contributed by atoms with E-state index in [9.17, 15) is 0 Å². The van der Waals surface area contributed by atoms with Crippen molar-refractivity contribution in [3.8, 4) is 5.75 Å². The zero-order valence-electron chi connectivity index (χ0n) is 10.4. The molecule has 1 aliphatic rings. The number of ether oxygens (including phenoxy) is 1. The fraction of sp³-hybridized carbons (Fsp3) is 0.571. The zero-order chi connectivity index (χ0) is 11.5. The number of rotatable bonds is 3. The molecule has 0 saturated carbocycles. The average Bonchev–Trinajstić information content (AvgIpc) is 2.25. The molecule has 0 fully saturated rings. The van der Waals surface area contributed by atoms with Gasteiger partial charge in [-0.3, -0.25) is 0 Å². The SMILES string of the molecule is CCCOc1ccc2c(c1)C[C@H](C)N[C@@H]2C. The van der Waals surface area contributed by atoms with E-state index in [0.717, 1.165) is 25.2 Å². The first-order chi connectivity index (χ1) is 7.70. The van der Waals surface area contributed by atoms with Crippen LogP contribution in [0.15, 0.2) is 18.2 Å². The van der Waals surface area contributed by atoms with Gasteiger partial charge in [0, 0.05) is 12.1 Å². The lowest BCUT2D eigenvalue weighted by Crippen LogP contribution is -2.35. The van der Waals surface area contributed by atoms with Gasteiger partial charge >= 0.3 is 0 Å². The molecule has 1 heterocycles. The third-order valence-electron chi connectivity index (χ3n) is 3.11. The van der Waals surface area contributed by atoms with Crippen molar-refractivity contribution >= 4 is 0 Å². The molecule has 2 atom stereocenters. The minimum absolute atomic E-state index is 0.457. The summed E-state index contributed by atoms with van der Waals surface area (Å²) in [6.07, 6.45) is 2.16. The first kappa shape index (κ1) is 11.5. The fourth-order valence-electron chi connectivity index (χ4n) is 2.40. The van der Waals surface area contributed by atoms with Crippen molar-refractivity contribution in [2.45, 2.75) is 45.7 Å². The maximum atomic E-state index is 5.67. The molecule has 16 heavy (non-hydrogen) atoms. The molecule has 2 nitrogen and oxygen atoms in total. The van der Waals surface area contributed by atoms with E-state index >= 15 is 0 Å². The Labute approximate surface area is 98.0 Å². The van der Waals surface area contributed by atoms with Crippen molar-refractivity contribution in [3.05, 3.63) is 29.3 Å². The van der Waals surface area contributed by atoms with Crippen molar-refractivity contribution in [2.75, 3.05) is 6.61 Å². The van der Waals surface area contributed by atoms with Gasteiger partial charge in [-0.1, -0.05) is 13.0 Å². The first-order valence-corrected chi connectivity index (χ1v) is 6.22. The predicted octanol–water partition coefficient (Wildman–Crippen LogP) is 3.07. The lowest BCUT2D eigenvalue weighted by Gasteiger charge is -2.29. The third kappa shape index (κ3) is 2.38. The van der Waals surface area contributed by atoms with Gasteiger partial charge in [-0.15, -0.1) is 0 Å². The third-order valence-corrected chi connectivity index (χ3v) is 3.11. The molecule has 1 N–H and O–H groups in total. The van der Waals surface area contributed by atoms with E-state index in [-0.39, 0.29) is 0 Å². The van der Waals surface area contributed by atoms with Crippen molar-refractivity contribution in [3.63, 3.8) is 0 Å². The summed E-state index contributed by atoms with van der Waals surface area (Å²) in [5.41, 5.74) is 2.86. The Kier molecular flexibility index (Phi) is 3.49. The molecule has 1 aromatic carbocycles. The van der Waals surface area contributed by atoms with E-state index in [4.69, 9.17) is 4.74 Å². The normalized spacial score (nSPS) is 23.9. The van der Waals surface area contributed by atoms with E-state index in [1.165, 1.54) is 11.1 Å². The number of hydrogen-bond acceptors (Lipinski definition) is 2. The van der Waals surface area contributed by atoms with Gasteiger partial charge in [-0.25, -0.2) is 0 Å². The molecule has 0 spiro atoms. The Morgan fingerprint density at radius 2 is 2.19 bits per heavy atom. The Morgan fingerprint density at radius 1 is 1.38 bits per heavy atom. The number of nitrogens with one attached hydrogen (secondary N) is 1. The highest BCUT2D eigenvalue weighted by Gasteiger charge is 2.20. The van der Waals surface area contributed by atoms with Crippen LogP contribution in [0, 0.1) is 0 Å². The molecule has 0 bridgehead atoms. The summed E-state index contributed by atoms with van der Waals surface area (Å²) >= 11 is 0. The molecular formula is C14H21NO. The van der Waals surface area contributed by atoms with Crippen molar-refractivity contribution in [1.82, 2.24) is 5.32 Å². The van der Waals surface area contributed by atoms with Gasteiger partial charge in [-0.05, 0) is 49.9 Å². The lowest BCUT2D eigenvalue weighted by molar-refractivity contribution is 0.316. The molecule has 2 heteroatoms. The predicted molar refractivity (Wildman–Crippen MR) is 66.9 cm³/mol. The van der Waals surface area contributed by atoms with Crippen LogP contribution in [0.1, 0.15) is 44.4 Å². The average molecular weight is 219 g/mol. The first-order valence-electron chi connectivity index (χ1n) is 6.22. The van der Waals surface area contributed by atoms with E-state index in [1.54, 1.807) is 0 Å². The highest BCUT2D eigenvalue weighted by atomic mass is 16.5. The standard InChI is InChI=1S/C14H21NO/c1-4-7-16-13-5-6-14-11(3)15-10(2)8-12(14)9-13/h5-6,9-11,15H,4,7-8H2,1-3H3/t10-,11+/m0/s1. The van der Waals surface area contributed by atoms with Gasteiger partial charge in [-0.2, -0.15) is 0 Å². The second-order valence-corrected chi connectivity index (χ2v) is 4.70. The van der Waals surface area contributed by atoms with Crippen LogP contribution in [0.5, 0.6) is 5.75 Å². The summed E-state index contributed by atoms with van der Waals surface area (Å²) in [7, 11) is 0. The van der Waals surface area contributed by atoms with Crippen LogP contribution in [0.25, 0.3) is 0 Å². The van der Waals surface area contributed by atoms with Crippen molar-refractivity contribution < 1.29 is 4.74 Å². The van der Waals surface area contributed by atoms with Crippen LogP contribution in [-0.2, 0) is 6.42 Å². The van der Waals surface area contributed by atoms with Crippen LogP contribution in [0.2, 0.25) is 0 Å². The van der Waals surface area contributed by atoms with Gasteiger partial charge in [0.05, 0.1) is 6.61 Å². The topological polar surface area (TPSA) is 21.3 Å². The molecule has 0 saturated heterocycles. The molecule has 1 aromatic rings. The van der Waals surface area contributed by atoms with E-state index in [0.29, 0.717) is 12.1 Å². The highest BCUT2D eigenvalue weighted by Crippen LogP contribution is 2.28. The Morgan fingerprint density at radius 3 is 2.94 bits per heavy atom. The second-order valence-electron chi connectivity index (χ2n) is 4.70. The van der Waals surface area contributed by atoms with E-state index in [2.05, 4.69) is 44.3 Å². The molecule has 0 unspecified atom stereocenters. The van der Waals surface area contributed by atoms with E-state index in [1.807, 2.05) is 0 Å². The number of benzene rings is 1. The lowest BCUT2D eigenvalue weighted by atomic mass is 9.91. The molecule has 0 aromatic heterocycles. The number of fused-ring (bicyclic) bond motifs is 1. The smallest absolute Gasteiger partial charge is 0.119 e. The van der Waals surface area contributed by atoms with Gasteiger partial charge in [0.1, 0.15) is 5.75 Å². The molecule has 2 rings (SSSR count). The molecule has 0 aliphatic carbocycles. The summed E-state index contributed by atoms with van der Waals surface area (Å²) in [6.45, 7) is 7.40. The van der Waals surface area contributed by atoms with E-state index < -0.39 is 0 Å². The molecular weight excluding hydrogens is 198 g/mol. The van der Waals surface area contributed by atoms with Crippen LogP contribution in [0.3, 0.4) is 0 Å². The van der Waals surface area contributed by atoms with Gasteiger partial charge < -0.3 is 10.1 Å². The summed E-state index contributed by atoms with van der Waals surface area (Å²) in [5, 5.41) is 3.56. The highest BCUT2D eigenvalue weighted by molar-refractivity contribution is 5.39. The zero-order valence-corrected chi connectivity index (χ0v) is 10.4. The monoisotopic (exact) mass is 219 g/mol. The molecule has 0 amide bonds. The molecule has 88 valence electrons. The van der Waals surface area contributed by atoms with Crippen LogP contribution in [-0.4, -0.2) is 12.6 Å². The Bertz CT molecular complexity index is 362. The number of hydrogen-bond donors (Lipinski definition) is 1. The fourth-order valence-corrected chi connectivity index (χ4v) is 2.40. The minimum atomic E-state index is 0.457. The maximum absolute atomic E-state index is 5.67. The second kappa shape index (κ2) is 4.88. The van der Waals surface area contributed by atoms with Crippen molar-refractivity contribution in [2.24, 2.45) is 0 Å². The molecule has 0 radical (unpaired) electrons. The van der Waals surface area contributed by atoms with Gasteiger partial charge in [0.2, 0.25) is 0 Å². The van der Waals surface area contributed by atoms with Gasteiger partial charge in [0.15, 0.2) is 0 Å². The Hall–Kier alpha value is -1.02. The van der Waals surface area contributed by atoms with Crippen LogP contribution < -0.4 is 10.1 Å². The minimum Gasteiger partial charge on any atom is -0.494 e. The van der Waals surface area contributed by atoms with Crippen LogP contribution >= 0.6 is 0 Å². The summed E-state index contributed by atoms with van der Waals surface area (Å²) < 4.78 is 5.67.